The number of fused-ring (bicyclic) bond motifs is 1. The zero-order chi connectivity index (χ0) is 21.6. The average molecular weight is 432 g/mol. The van der Waals surface area contributed by atoms with Gasteiger partial charge in [-0.2, -0.15) is 4.31 Å². The Morgan fingerprint density at radius 3 is 2.30 bits per heavy atom. The number of aryl methyl sites for hydroxylation is 4. The van der Waals surface area contributed by atoms with Crippen molar-refractivity contribution in [2.24, 2.45) is 0 Å². The minimum atomic E-state index is -3.64. The lowest BCUT2D eigenvalue weighted by Gasteiger charge is -2.34. The van der Waals surface area contributed by atoms with Crippen molar-refractivity contribution < 1.29 is 17.4 Å². The predicted octanol–water partition coefficient (Wildman–Crippen LogP) is 2.52. The summed E-state index contributed by atoms with van der Waals surface area (Å²) >= 11 is 0. The summed E-state index contributed by atoms with van der Waals surface area (Å²) in [6.45, 7) is 9.68. The van der Waals surface area contributed by atoms with E-state index in [-0.39, 0.29) is 10.5 Å². The minimum Gasteiger partial charge on any atom is -0.423 e. The Kier molecular flexibility index (Phi) is 5.29. The summed E-state index contributed by atoms with van der Waals surface area (Å²) in [7, 11) is -3.64. The van der Waals surface area contributed by atoms with Crippen LogP contribution in [0.5, 0.6) is 0 Å². The highest BCUT2D eigenvalue weighted by molar-refractivity contribution is 7.89. The number of hydrogen-bond acceptors (Lipinski definition) is 7. The quantitative estimate of drug-likeness (QED) is 0.586. The number of rotatable bonds is 4. The zero-order valence-electron chi connectivity index (χ0n) is 17.6. The van der Waals surface area contributed by atoms with Crippen LogP contribution in [0.2, 0.25) is 0 Å². The van der Waals surface area contributed by atoms with Gasteiger partial charge in [0, 0.05) is 44.2 Å². The monoisotopic (exact) mass is 431 g/mol. The maximum Gasteiger partial charge on any atom is 0.336 e. The first-order valence-electron chi connectivity index (χ1n) is 9.86. The standard InChI is InChI=1S/C21H25N3O5S/c1-13-9-18-17(11-20(25)28-19(18)10-14(13)2)12-23-5-7-24(8-6-23)30(26,27)21-15(3)22-29-16(21)4/h9-11H,5-8,12H2,1-4H3. The maximum atomic E-state index is 13.0. The summed E-state index contributed by atoms with van der Waals surface area (Å²) < 4.78 is 37.9. The Balaban J connectivity index is 1.53. The molecule has 160 valence electrons. The second-order valence-corrected chi connectivity index (χ2v) is 9.73. The molecule has 1 aliphatic rings. The summed E-state index contributed by atoms with van der Waals surface area (Å²) in [5.41, 5.74) is 3.68. The highest BCUT2D eigenvalue weighted by Gasteiger charge is 2.33. The van der Waals surface area contributed by atoms with Crippen molar-refractivity contribution in [3.05, 3.63) is 56.8 Å². The molecule has 4 rings (SSSR count). The zero-order valence-corrected chi connectivity index (χ0v) is 18.4. The topological polar surface area (TPSA) is 96.9 Å². The molecule has 2 aromatic heterocycles. The van der Waals surface area contributed by atoms with Gasteiger partial charge in [-0.3, -0.25) is 4.90 Å². The lowest BCUT2D eigenvalue weighted by Crippen LogP contribution is -2.48. The van der Waals surface area contributed by atoms with Gasteiger partial charge in [0.15, 0.2) is 5.76 Å². The van der Waals surface area contributed by atoms with Crippen molar-refractivity contribution in [2.45, 2.75) is 39.1 Å². The summed E-state index contributed by atoms with van der Waals surface area (Å²) in [6, 6.07) is 5.47. The van der Waals surface area contributed by atoms with Crippen molar-refractivity contribution in [3.63, 3.8) is 0 Å². The summed E-state index contributed by atoms with van der Waals surface area (Å²) in [5.74, 6) is 0.308. The second-order valence-electron chi connectivity index (χ2n) is 7.86. The van der Waals surface area contributed by atoms with Crippen LogP contribution in [0.1, 0.15) is 28.1 Å². The Morgan fingerprint density at radius 1 is 1.00 bits per heavy atom. The van der Waals surface area contributed by atoms with E-state index in [0.29, 0.717) is 49.8 Å². The molecule has 0 unspecified atom stereocenters. The number of piperazine rings is 1. The molecule has 0 N–H and O–H groups in total. The van der Waals surface area contributed by atoms with Crippen molar-refractivity contribution in [3.8, 4) is 0 Å². The Bertz CT molecular complexity index is 1250. The normalized spacial score (nSPS) is 16.4. The minimum absolute atomic E-state index is 0.161. The SMILES string of the molecule is Cc1cc2oc(=O)cc(CN3CCN(S(=O)(=O)c4c(C)noc4C)CC3)c2cc1C. The third-order valence-corrected chi connectivity index (χ3v) is 7.88. The van der Waals surface area contributed by atoms with Crippen LogP contribution >= 0.6 is 0 Å². The third-order valence-electron chi connectivity index (χ3n) is 5.74. The lowest BCUT2D eigenvalue weighted by molar-refractivity contribution is 0.182. The van der Waals surface area contributed by atoms with Crippen LogP contribution in [0.3, 0.4) is 0 Å². The van der Waals surface area contributed by atoms with E-state index in [1.54, 1.807) is 13.8 Å². The molecule has 1 aliphatic heterocycles. The molecule has 0 saturated carbocycles. The molecular weight excluding hydrogens is 406 g/mol. The lowest BCUT2D eigenvalue weighted by atomic mass is 10.0. The molecule has 8 nitrogen and oxygen atoms in total. The van der Waals surface area contributed by atoms with Gasteiger partial charge in [-0.1, -0.05) is 5.16 Å². The molecule has 0 atom stereocenters. The molecule has 1 fully saturated rings. The van der Waals surface area contributed by atoms with E-state index in [0.717, 1.165) is 22.1 Å². The number of nitrogens with zero attached hydrogens (tertiary/aromatic N) is 3. The highest BCUT2D eigenvalue weighted by Crippen LogP contribution is 2.26. The first-order valence-corrected chi connectivity index (χ1v) is 11.3. The smallest absolute Gasteiger partial charge is 0.336 e. The van der Waals surface area contributed by atoms with Gasteiger partial charge in [-0.25, -0.2) is 13.2 Å². The van der Waals surface area contributed by atoms with E-state index < -0.39 is 10.0 Å². The summed E-state index contributed by atoms with van der Waals surface area (Å²) in [5, 5.41) is 4.69. The maximum absolute atomic E-state index is 13.0. The first kappa shape index (κ1) is 20.8. The van der Waals surface area contributed by atoms with Crippen molar-refractivity contribution in [1.29, 1.82) is 0 Å². The van der Waals surface area contributed by atoms with Gasteiger partial charge in [0.2, 0.25) is 10.0 Å². The summed E-state index contributed by atoms with van der Waals surface area (Å²) in [6.07, 6.45) is 0. The largest absolute Gasteiger partial charge is 0.423 e. The van der Waals surface area contributed by atoms with E-state index in [1.807, 2.05) is 26.0 Å². The number of sulfonamides is 1. The molecule has 3 heterocycles. The molecule has 0 bridgehead atoms. The van der Waals surface area contributed by atoms with Crippen LogP contribution in [-0.2, 0) is 16.6 Å². The van der Waals surface area contributed by atoms with Crippen LogP contribution < -0.4 is 5.63 Å². The van der Waals surface area contributed by atoms with Gasteiger partial charge in [0.05, 0.1) is 0 Å². The van der Waals surface area contributed by atoms with Gasteiger partial charge < -0.3 is 8.94 Å². The predicted molar refractivity (Wildman–Crippen MR) is 112 cm³/mol. The first-order chi connectivity index (χ1) is 14.2. The number of benzene rings is 1. The van der Waals surface area contributed by atoms with Crippen LogP contribution in [0.15, 0.2) is 36.8 Å². The number of hydrogen-bond donors (Lipinski definition) is 0. The fraction of sp³-hybridized carbons (Fsp3) is 0.429. The Morgan fingerprint density at radius 2 is 1.67 bits per heavy atom. The van der Waals surface area contributed by atoms with Crippen molar-refractivity contribution in [1.82, 2.24) is 14.4 Å². The molecule has 30 heavy (non-hydrogen) atoms. The summed E-state index contributed by atoms with van der Waals surface area (Å²) in [4.78, 5) is 14.3. The van der Waals surface area contributed by atoms with E-state index in [4.69, 9.17) is 8.94 Å². The van der Waals surface area contributed by atoms with Crippen LogP contribution in [0.4, 0.5) is 0 Å². The van der Waals surface area contributed by atoms with Crippen LogP contribution in [0.25, 0.3) is 11.0 Å². The molecular formula is C21H25N3O5S. The fourth-order valence-electron chi connectivity index (χ4n) is 3.95. The Hall–Kier alpha value is -2.49. The van der Waals surface area contributed by atoms with Crippen molar-refractivity contribution >= 4 is 21.0 Å². The molecule has 9 heteroatoms. The molecule has 0 spiro atoms. The fourth-order valence-corrected chi connectivity index (χ4v) is 5.67. The van der Waals surface area contributed by atoms with Crippen LogP contribution in [0, 0.1) is 27.7 Å². The van der Waals surface area contributed by atoms with E-state index in [1.165, 1.54) is 10.4 Å². The average Bonchev–Trinajstić information content (AvgIpc) is 3.03. The van der Waals surface area contributed by atoms with Crippen LogP contribution in [-0.4, -0.2) is 49.0 Å². The Labute approximate surface area is 175 Å². The molecule has 0 radical (unpaired) electrons. The van der Waals surface area contributed by atoms with E-state index >= 15 is 0 Å². The third kappa shape index (κ3) is 3.68. The molecule has 1 aromatic carbocycles. The van der Waals surface area contributed by atoms with Gasteiger partial charge in [0.1, 0.15) is 16.2 Å². The van der Waals surface area contributed by atoms with Gasteiger partial charge in [0.25, 0.3) is 0 Å². The number of aromatic nitrogens is 1. The molecule has 3 aromatic rings. The van der Waals surface area contributed by atoms with Gasteiger partial charge >= 0.3 is 5.63 Å². The van der Waals surface area contributed by atoms with Gasteiger partial charge in [-0.05, 0) is 56.5 Å². The van der Waals surface area contributed by atoms with Crippen molar-refractivity contribution in [2.75, 3.05) is 26.2 Å². The molecule has 0 amide bonds. The van der Waals surface area contributed by atoms with E-state index in [2.05, 4.69) is 10.1 Å². The second kappa shape index (κ2) is 7.64. The van der Waals surface area contributed by atoms with E-state index in [9.17, 15) is 13.2 Å². The van der Waals surface area contributed by atoms with Gasteiger partial charge in [-0.15, -0.1) is 0 Å². The molecule has 1 saturated heterocycles. The molecule has 0 aliphatic carbocycles. The highest BCUT2D eigenvalue weighted by atomic mass is 32.2.